The smallest absolute Gasteiger partial charge is 0.317 e. The van der Waals surface area contributed by atoms with Gasteiger partial charge in [0.05, 0.1) is 18.7 Å². The molecule has 0 saturated carbocycles. The van der Waals surface area contributed by atoms with Gasteiger partial charge in [-0.2, -0.15) is 0 Å². The van der Waals surface area contributed by atoms with Crippen LogP contribution in [0.2, 0.25) is 0 Å². The largest absolute Gasteiger partial charge is 0.492 e. The molecule has 0 spiro atoms. The number of carboxylic acid groups (broad SMARTS) is 1. The Hall–Kier alpha value is -2.80. The molecule has 2 aromatic rings. The highest BCUT2D eigenvalue weighted by Crippen LogP contribution is 2.29. The summed E-state index contributed by atoms with van der Waals surface area (Å²) in [6.45, 7) is 2.59. The van der Waals surface area contributed by atoms with Crippen molar-refractivity contribution in [3.05, 3.63) is 60.2 Å². The summed E-state index contributed by atoms with van der Waals surface area (Å²) in [5.74, 6) is -0.546. The van der Waals surface area contributed by atoms with Crippen molar-refractivity contribution in [2.45, 2.75) is 18.6 Å². The lowest BCUT2D eigenvalue weighted by atomic mass is 10.2. The van der Waals surface area contributed by atoms with E-state index in [-0.39, 0.29) is 12.3 Å². The second-order valence-corrected chi connectivity index (χ2v) is 7.26. The Morgan fingerprint density at radius 1 is 1.22 bits per heavy atom. The molecule has 0 aromatic heterocycles. The Balaban J connectivity index is 1.73. The Morgan fingerprint density at radius 3 is 2.59 bits per heavy atom. The third-order valence-electron chi connectivity index (χ3n) is 4.00. The van der Waals surface area contributed by atoms with E-state index in [9.17, 15) is 14.7 Å². The quantitative estimate of drug-likeness (QED) is 0.825. The zero-order valence-electron chi connectivity index (χ0n) is 14.9. The van der Waals surface area contributed by atoms with Crippen LogP contribution in [0.15, 0.2) is 59.6 Å². The molecular formula is C20H20N2O4S. The predicted octanol–water partition coefficient (Wildman–Crippen LogP) is 3.48. The number of carbonyl (C=O) groups excluding carboxylic acids is 1. The number of hydrogen-bond acceptors (Lipinski definition) is 5. The molecule has 1 unspecified atom stereocenters. The molecule has 0 aliphatic carbocycles. The van der Waals surface area contributed by atoms with E-state index in [1.54, 1.807) is 0 Å². The van der Waals surface area contributed by atoms with E-state index < -0.39 is 11.2 Å². The fraction of sp³-hybridized carbons (Fsp3) is 0.250. The number of carbonyl (C=O) groups is 2. The van der Waals surface area contributed by atoms with Crippen molar-refractivity contribution in [3.63, 3.8) is 0 Å². The summed E-state index contributed by atoms with van der Waals surface area (Å²) in [7, 11) is 0. The first-order valence-electron chi connectivity index (χ1n) is 8.56. The highest BCUT2D eigenvalue weighted by atomic mass is 32.2. The van der Waals surface area contributed by atoms with Gasteiger partial charge in [-0.05, 0) is 31.2 Å². The number of nitrogens with zero attached hydrogens (tertiary/aromatic N) is 2. The SMILES string of the molecule is Cc1ccc(OCCN2C(=O)CC(C(=O)O)SC2=Nc2ccccc2)cc1. The first kappa shape index (κ1) is 19.0. The number of rotatable bonds is 6. The summed E-state index contributed by atoms with van der Waals surface area (Å²) < 4.78 is 5.71. The van der Waals surface area contributed by atoms with E-state index in [1.165, 1.54) is 4.90 Å². The van der Waals surface area contributed by atoms with Gasteiger partial charge >= 0.3 is 5.97 Å². The average Bonchev–Trinajstić information content (AvgIpc) is 2.66. The topological polar surface area (TPSA) is 79.2 Å². The maximum atomic E-state index is 12.5. The number of amidine groups is 1. The Bertz CT molecular complexity index is 837. The number of aliphatic carboxylic acids is 1. The lowest BCUT2D eigenvalue weighted by molar-refractivity contribution is -0.139. The molecule has 0 radical (unpaired) electrons. The zero-order valence-corrected chi connectivity index (χ0v) is 15.7. The van der Waals surface area contributed by atoms with E-state index in [2.05, 4.69) is 4.99 Å². The molecule has 1 heterocycles. The summed E-state index contributed by atoms with van der Waals surface area (Å²) in [4.78, 5) is 29.9. The molecule has 2 aromatic carbocycles. The van der Waals surface area contributed by atoms with Crippen LogP contribution in [0.5, 0.6) is 5.75 Å². The van der Waals surface area contributed by atoms with Crippen LogP contribution >= 0.6 is 11.8 Å². The molecule has 6 nitrogen and oxygen atoms in total. The molecule has 3 rings (SSSR count). The molecule has 0 bridgehead atoms. The van der Waals surface area contributed by atoms with Crippen molar-refractivity contribution >= 4 is 34.5 Å². The normalized spacial score (nSPS) is 18.6. The number of thioether (sulfide) groups is 1. The molecule has 1 fully saturated rings. The highest BCUT2D eigenvalue weighted by Gasteiger charge is 2.35. The number of aryl methyl sites for hydroxylation is 1. The Labute approximate surface area is 161 Å². The average molecular weight is 384 g/mol. The number of hydrogen-bond donors (Lipinski definition) is 1. The monoisotopic (exact) mass is 384 g/mol. The molecule has 1 aliphatic rings. The van der Waals surface area contributed by atoms with E-state index in [0.29, 0.717) is 24.0 Å². The molecule has 1 amide bonds. The van der Waals surface area contributed by atoms with Crippen molar-refractivity contribution in [2.75, 3.05) is 13.2 Å². The standard InChI is InChI=1S/C20H20N2O4S/c1-14-7-9-16(10-8-14)26-12-11-22-18(23)13-17(19(24)25)27-20(22)21-15-5-3-2-4-6-15/h2-10,17H,11-13H2,1H3,(H,24,25). The van der Waals surface area contributed by atoms with E-state index in [4.69, 9.17) is 4.74 Å². The van der Waals surface area contributed by atoms with Gasteiger partial charge in [0.2, 0.25) is 5.91 Å². The molecule has 1 saturated heterocycles. The molecule has 27 heavy (non-hydrogen) atoms. The van der Waals surface area contributed by atoms with Gasteiger partial charge < -0.3 is 9.84 Å². The minimum atomic E-state index is -1.01. The number of carboxylic acids is 1. The van der Waals surface area contributed by atoms with Crippen LogP contribution in [-0.4, -0.2) is 45.5 Å². The minimum absolute atomic E-state index is 0.0572. The molecule has 1 atom stereocenters. The highest BCUT2D eigenvalue weighted by molar-refractivity contribution is 8.15. The first-order chi connectivity index (χ1) is 13.0. The number of aliphatic imine (C=N–C) groups is 1. The van der Waals surface area contributed by atoms with Gasteiger partial charge in [-0.1, -0.05) is 47.7 Å². The molecule has 1 N–H and O–H groups in total. The van der Waals surface area contributed by atoms with Crippen molar-refractivity contribution in [2.24, 2.45) is 4.99 Å². The molecule has 1 aliphatic heterocycles. The molecule has 7 heteroatoms. The van der Waals surface area contributed by atoms with Crippen molar-refractivity contribution < 1.29 is 19.4 Å². The van der Waals surface area contributed by atoms with Crippen LogP contribution < -0.4 is 4.74 Å². The first-order valence-corrected chi connectivity index (χ1v) is 9.44. The van der Waals surface area contributed by atoms with Crippen LogP contribution in [-0.2, 0) is 9.59 Å². The van der Waals surface area contributed by atoms with Gasteiger partial charge in [0.25, 0.3) is 0 Å². The zero-order chi connectivity index (χ0) is 19.2. The minimum Gasteiger partial charge on any atom is -0.492 e. The lowest BCUT2D eigenvalue weighted by Gasteiger charge is -2.30. The summed E-state index contributed by atoms with van der Waals surface area (Å²) in [6, 6.07) is 16.8. The van der Waals surface area contributed by atoms with Gasteiger partial charge in [-0.3, -0.25) is 14.5 Å². The number of amides is 1. The molecule has 140 valence electrons. The van der Waals surface area contributed by atoms with Crippen LogP contribution in [0, 0.1) is 6.92 Å². The Kier molecular flexibility index (Phi) is 6.13. The maximum absolute atomic E-state index is 12.5. The van der Waals surface area contributed by atoms with Gasteiger partial charge in [-0.15, -0.1) is 0 Å². The molecular weight excluding hydrogens is 364 g/mol. The summed E-state index contributed by atoms with van der Waals surface area (Å²) >= 11 is 1.09. The van der Waals surface area contributed by atoms with Gasteiger partial charge in [0.15, 0.2) is 5.17 Å². The van der Waals surface area contributed by atoms with Gasteiger partial charge in [-0.25, -0.2) is 4.99 Å². The summed E-state index contributed by atoms with van der Waals surface area (Å²) in [6.07, 6.45) is -0.0572. The third-order valence-corrected chi connectivity index (χ3v) is 5.18. The van der Waals surface area contributed by atoms with Crippen LogP contribution in [0.25, 0.3) is 0 Å². The summed E-state index contributed by atoms with van der Waals surface area (Å²) in [5, 5.41) is 8.86. The van der Waals surface area contributed by atoms with E-state index >= 15 is 0 Å². The lowest BCUT2D eigenvalue weighted by Crippen LogP contribution is -2.45. The predicted molar refractivity (Wildman–Crippen MR) is 106 cm³/mol. The van der Waals surface area contributed by atoms with Gasteiger partial charge in [0, 0.05) is 0 Å². The fourth-order valence-electron chi connectivity index (χ4n) is 2.56. The number of ether oxygens (including phenoxy) is 1. The van der Waals surface area contributed by atoms with Crippen LogP contribution in [0.1, 0.15) is 12.0 Å². The Morgan fingerprint density at radius 2 is 1.93 bits per heavy atom. The van der Waals surface area contributed by atoms with Crippen molar-refractivity contribution in [1.82, 2.24) is 4.90 Å². The number of para-hydroxylation sites is 1. The second kappa shape index (κ2) is 8.73. The van der Waals surface area contributed by atoms with Crippen LogP contribution in [0.4, 0.5) is 5.69 Å². The number of benzene rings is 2. The second-order valence-electron chi connectivity index (χ2n) is 6.09. The maximum Gasteiger partial charge on any atom is 0.317 e. The van der Waals surface area contributed by atoms with Crippen LogP contribution in [0.3, 0.4) is 0 Å². The fourth-order valence-corrected chi connectivity index (χ4v) is 3.61. The van der Waals surface area contributed by atoms with E-state index in [1.807, 2.05) is 61.5 Å². The van der Waals surface area contributed by atoms with Gasteiger partial charge in [0.1, 0.15) is 17.6 Å². The third kappa shape index (κ3) is 5.10. The van der Waals surface area contributed by atoms with Crippen molar-refractivity contribution in [1.29, 1.82) is 0 Å². The van der Waals surface area contributed by atoms with Crippen molar-refractivity contribution in [3.8, 4) is 5.75 Å². The summed E-state index contributed by atoms with van der Waals surface area (Å²) in [5.41, 5.74) is 1.81. The van der Waals surface area contributed by atoms with E-state index in [0.717, 1.165) is 23.1 Å².